The van der Waals surface area contributed by atoms with E-state index in [0.29, 0.717) is 12.1 Å². The van der Waals surface area contributed by atoms with Gasteiger partial charge in [-0.2, -0.15) is 0 Å². The van der Waals surface area contributed by atoms with Crippen LogP contribution < -0.4 is 0 Å². The minimum atomic E-state index is 0.474. The zero-order valence-electron chi connectivity index (χ0n) is 14.0. The first-order chi connectivity index (χ1) is 10.7. The monoisotopic (exact) mass is 299 g/mol. The number of fused-ring (bicyclic) bond motifs is 2. The van der Waals surface area contributed by atoms with Crippen molar-refractivity contribution in [2.24, 2.45) is 5.92 Å². The summed E-state index contributed by atoms with van der Waals surface area (Å²) >= 11 is 0. The van der Waals surface area contributed by atoms with E-state index in [0.717, 1.165) is 25.7 Å². The highest BCUT2D eigenvalue weighted by Crippen LogP contribution is 2.31. The lowest BCUT2D eigenvalue weighted by Crippen LogP contribution is -2.53. The molecule has 2 atom stereocenters. The predicted molar refractivity (Wildman–Crippen MR) is 91.8 cm³/mol. The van der Waals surface area contributed by atoms with Crippen LogP contribution in [0.2, 0.25) is 0 Å². The Bertz CT molecular complexity index is 494. The van der Waals surface area contributed by atoms with Gasteiger partial charge in [0, 0.05) is 12.6 Å². The van der Waals surface area contributed by atoms with Gasteiger partial charge in [0.05, 0.1) is 19.3 Å². The van der Waals surface area contributed by atoms with Gasteiger partial charge in [0.1, 0.15) is 0 Å². The summed E-state index contributed by atoms with van der Waals surface area (Å²) in [5.74, 6) is 0.821. The Kier molecular flexibility index (Phi) is 5.32. The largest absolute Gasteiger partial charge is 0.378 e. The van der Waals surface area contributed by atoms with Crippen LogP contribution in [0.3, 0.4) is 0 Å². The first kappa shape index (κ1) is 15.8. The molecule has 2 nitrogen and oxygen atoms in total. The van der Waals surface area contributed by atoms with Crippen LogP contribution in [0.15, 0.2) is 42.0 Å². The molecule has 1 saturated heterocycles. The van der Waals surface area contributed by atoms with Gasteiger partial charge in [-0.25, -0.2) is 0 Å². The summed E-state index contributed by atoms with van der Waals surface area (Å²) in [7, 11) is 0. The number of hydrogen-bond acceptors (Lipinski definition) is 2. The summed E-state index contributed by atoms with van der Waals surface area (Å²) in [6.07, 6.45) is 7.66. The summed E-state index contributed by atoms with van der Waals surface area (Å²) in [6.45, 7) is 7.44. The van der Waals surface area contributed by atoms with E-state index in [1.54, 1.807) is 5.57 Å². The molecule has 2 bridgehead atoms. The molecule has 22 heavy (non-hydrogen) atoms. The quantitative estimate of drug-likeness (QED) is 0.721. The minimum Gasteiger partial charge on any atom is -0.378 e. The van der Waals surface area contributed by atoms with Gasteiger partial charge < -0.3 is 4.74 Å². The van der Waals surface area contributed by atoms with Gasteiger partial charge >= 0.3 is 0 Å². The van der Waals surface area contributed by atoms with Crippen molar-refractivity contribution in [3.05, 3.63) is 47.5 Å². The fraction of sp³-hybridized carbons (Fsp3) is 0.600. The van der Waals surface area contributed by atoms with E-state index in [1.807, 2.05) is 0 Å². The van der Waals surface area contributed by atoms with E-state index in [1.165, 1.54) is 31.2 Å². The highest BCUT2D eigenvalue weighted by Gasteiger charge is 2.34. The molecule has 2 unspecified atom stereocenters. The molecule has 1 fully saturated rings. The van der Waals surface area contributed by atoms with Gasteiger partial charge in [0.25, 0.3) is 0 Å². The molecule has 2 heterocycles. The van der Waals surface area contributed by atoms with Crippen molar-refractivity contribution in [3.63, 3.8) is 0 Å². The van der Waals surface area contributed by atoms with Crippen molar-refractivity contribution in [1.82, 2.24) is 4.90 Å². The molecular weight excluding hydrogens is 270 g/mol. The molecule has 0 saturated carbocycles. The van der Waals surface area contributed by atoms with Gasteiger partial charge in [-0.15, -0.1) is 0 Å². The van der Waals surface area contributed by atoms with Gasteiger partial charge in [0.2, 0.25) is 0 Å². The van der Waals surface area contributed by atoms with Crippen LogP contribution >= 0.6 is 0 Å². The Labute approximate surface area is 135 Å². The Morgan fingerprint density at radius 1 is 1.18 bits per heavy atom. The minimum absolute atomic E-state index is 0.474. The summed E-state index contributed by atoms with van der Waals surface area (Å²) in [5.41, 5.74) is 3.08. The Morgan fingerprint density at radius 3 is 2.73 bits per heavy atom. The molecule has 120 valence electrons. The molecule has 0 aromatic heterocycles. The SMILES string of the molecule is CC(C)CCCC1=CC2COCC(C1)N2Cc1ccccc1. The first-order valence-corrected chi connectivity index (χ1v) is 8.79. The van der Waals surface area contributed by atoms with Crippen LogP contribution in [-0.2, 0) is 11.3 Å². The standard InChI is InChI=1S/C20H29NO/c1-16(2)7-6-10-18-11-19-14-22-15-20(12-18)21(19)13-17-8-4-3-5-9-17/h3-5,8-9,11,16,19-20H,6-7,10,12-15H2,1-2H3. The second-order valence-corrected chi connectivity index (χ2v) is 7.23. The topological polar surface area (TPSA) is 12.5 Å². The molecule has 0 radical (unpaired) electrons. The lowest BCUT2D eigenvalue weighted by atomic mass is 9.90. The van der Waals surface area contributed by atoms with E-state index in [4.69, 9.17) is 4.74 Å². The highest BCUT2D eigenvalue weighted by molar-refractivity contribution is 5.20. The van der Waals surface area contributed by atoms with Crippen LogP contribution in [0.1, 0.15) is 45.1 Å². The second kappa shape index (κ2) is 7.43. The lowest BCUT2D eigenvalue weighted by Gasteiger charge is -2.45. The molecule has 0 aliphatic carbocycles. The maximum absolute atomic E-state index is 5.81. The third kappa shape index (κ3) is 3.99. The molecule has 0 amide bonds. The van der Waals surface area contributed by atoms with Crippen molar-refractivity contribution in [3.8, 4) is 0 Å². The van der Waals surface area contributed by atoms with E-state index in [2.05, 4.69) is 55.2 Å². The molecule has 3 rings (SSSR count). The summed E-state index contributed by atoms with van der Waals surface area (Å²) in [4.78, 5) is 2.64. The van der Waals surface area contributed by atoms with Gasteiger partial charge in [-0.3, -0.25) is 4.90 Å². The Hall–Kier alpha value is -1.12. The van der Waals surface area contributed by atoms with E-state index < -0.39 is 0 Å². The number of hydrogen-bond donors (Lipinski definition) is 0. The van der Waals surface area contributed by atoms with Crippen LogP contribution in [0.4, 0.5) is 0 Å². The number of rotatable bonds is 6. The van der Waals surface area contributed by atoms with Gasteiger partial charge in [-0.05, 0) is 30.7 Å². The molecule has 0 spiro atoms. The van der Waals surface area contributed by atoms with Crippen molar-refractivity contribution < 1.29 is 4.74 Å². The van der Waals surface area contributed by atoms with Crippen molar-refractivity contribution in [2.75, 3.05) is 13.2 Å². The average Bonchev–Trinajstić information content (AvgIpc) is 2.48. The smallest absolute Gasteiger partial charge is 0.0658 e. The normalized spacial score (nSPS) is 25.3. The summed E-state index contributed by atoms with van der Waals surface area (Å²) < 4.78 is 5.81. The predicted octanol–water partition coefficient (Wildman–Crippen LogP) is 4.41. The summed E-state index contributed by atoms with van der Waals surface area (Å²) in [6, 6.07) is 11.9. The average molecular weight is 299 g/mol. The highest BCUT2D eigenvalue weighted by atomic mass is 16.5. The number of benzene rings is 1. The van der Waals surface area contributed by atoms with Crippen LogP contribution in [-0.4, -0.2) is 30.2 Å². The summed E-state index contributed by atoms with van der Waals surface area (Å²) in [5, 5.41) is 0. The maximum Gasteiger partial charge on any atom is 0.0658 e. The zero-order valence-corrected chi connectivity index (χ0v) is 14.0. The van der Waals surface area contributed by atoms with Crippen LogP contribution in [0.25, 0.3) is 0 Å². The second-order valence-electron chi connectivity index (χ2n) is 7.23. The Balaban J connectivity index is 1.63. The molecule has 2 aliphatic heterocycles. The van der Waals surface area contributed by atoms with Gasteiger partial charge in [0.15, 0.2) is 0 Å². The fourth-order valence-electron chi connectivity index (χ4n) is 3.71. The van der Waals surface area contributed by atoms with Crippen molar-refractivity contribution in [1.29, 1.82) is 0 Å². The molecule has 0 N–H and O–H groups in total. The van der Waals surface area contributed by atoms with E-state index >= 15 is 0 Å². The number of nitrogens with zero attached hydrogens (tertiary/aromatic N) is 1. The van der Waals surface area contributed by atoms with Crippen molar-refractivity contribution >= 4 is 0 Å². The zero-order chi connectivity index (χ0) is 15.4. The molecular formula is C20H29NO. The molecule has 1 aromatic rings. The maximum atomic E-state index is 5.81. The fourth-order valence-corrected chi connectivity index (χ4v) is 3.71. The van der Waals surface area contributed by atoms with E-state index in [-0.39, 0.29) is 0 Å². The van der Waals surface area contributed by atoms with Crippen LogP contribution in [0, 0.1) is 5.92 Å². The molecule has 2 aliphatic rings. The number of ether oxygens (including phenoxy) is 1. The lowest BCUT2D eigenvalue weighted by molar-refractivity contribution is -0.0442. The Morgan fingerprint density at radius 2 is 2.00 bits per heavy atom. The molecule has 2 heteroatoms. The third-order valence-electron chi connectivity index (χ3n) is 4.91. The third-order valence-corrected chi connectivity index (χ3v) is 4.91. The molecule has 1 aromatic carbocycles. The van der Waals surface area contributed by atoms with E-state index in [9.17, 15) is 0 Å². The first-order valence-electron chi connectivity index (χ1n) is 8.79. The van der Waals surface area contributed by atoms with Crippen LogP contribution in [0.5, 0.6) is 0 Å². The number of morpholine rings is 1. The van der Waals surface area contributed by atoms with Gasteiger partial charge in [-0.1, -0.05) is 62.2 Å². The van der Waals surface area contributed by atoms with Crippen molar-refractivity contribution in [2.45, 2.75) is 58.2 Å².